The lowest BCUT2D eigenvalue weighted by molar-refractivity contribution is -0.142. The summed E-state index contributed by atoms with van der Waals surface area (Å²) in [7, 11) is 0. The van der Waals surface area contributed by atoms with Gasteiger partial charge < -0.3 is 15.7 Å². The number of carbonyl (C=O) groups is 2. The van der Waals surface area contributed by atoms with Gasteiger partial charge in [0.05, 0.1) is 0 Å². The van der Waals surface area contributed by atoms with Gasteiger partial charge in [-0.2, -0.15) is 5.26 Å². The molecule has 6 nitrogen and oxygen atoms in total. The second-order valence-corrected chi connectivity index (χ2v) is 7.83. The molecule has 1 amide bonds. The van der Waals surface area contributed by atoms with Gasteiger partial charge in [-0.05, 0) is 18.8 Å². The standard InChI is InChI=1S/C21H35N3O3/c1-16(2)19(21(26)27)24-20(25)17(14-22)15-23-18-12-10-8-6-4-3-5-7-9-11-13-18/h15-16,18-19,23H,3-13H2,1-2H3,(H,24,25)(H,26,27)/b17-15-. The molecule has 0 heterocycles. The van der Waals surface area contributed by atoms with Crippen molar-refractivity contribution in [2.45, 2.75) is 96.6 Å². The Kier molecular flexibility index (Phi) is 11.2. The summed E-state index contributed by atoms with van der Waals surface area (Å²) in [6.45, 7) is 3.44. The second kappa shape index (κ2) is 13.2. The van der Waals surface area contributed by atoms with Crippen LogP contribution in [0.4, 0.5) is 0 Å². The first-order valence-electron chi connectivity index (χ1n) is 10.4. The normalized spacial score (nSPS) is 19.3. The molecule has 0 aromatic rings. The summed E-state index contributed by atoms with van der Waals surface area (Å²) in [4.78, 5) is 23.5. The summed E-state index contributed by atoms with van der Waals surface area (Å²) in [5, 5.41) is 24.2. The summed E-state index contributed by atoms with van der Waals surface area (Å²) in [5.74, 6) is -1.99. The van der Waals surface area contributed by atoms with Gasteiger partial charge in [0, 0.05) is 12.2 Å². The molecule has 1 aliphatic carbocycles. The molecular formula is C21H35N3O3. The number of aliphatic carboxylic acids is 1. The number of nitriles is 1. The van der Waals surface area contributed by atoms with E-state index in [1.807, 2.05) is 6.07 Å². The zero-order valence-corrected chi connectivity index (χ0v) is 16.8. The molecule has 1 fully saturated rings. The van der Waals surface area contributed by atoms with Crippen LogP contribution in [0.3, 0.4) is 0 Å². The van der Waals surface area contributed by atoms with E-state index >= 15 is 0 Å². The molecule has 0 bridgehead atoms. The minimum atomic E-state index is -1.09. The van der Waals surface area contributed by atoms with Crippen LogP contribution >= 0.6 is 0 Å². The number of nitrogens with zero attached hydrogens (tertiary/aromatic N) is 1. The van der Waals surface area contributed by atoms with E-state index in [1.54, 1.807) is 13.8 Å². The Morgan fingerprint density at radius 3 is 1.89 bits per heavy atom. The van der Waals surface area contributed by atoms with Crippen molar-refractivity contribution in [2.24, 2.45) is 5.92 Å². The van der Waals surface area contributed by atoms with Gasteiger partial charge in [0.2, 0.25) is 0 Å². The molecule has 1 rings (SSSR count). The maximum absolute atomic E-state index is 12.3. The van der Waals surface area contributed by atoms with Crippen molar-refractivity contribution < 1.29 is 14.7 Å². The fourth-order valence-corrected chi connectivity index (χ4v) is 3.41. The van der Waals surface area contributed by atoms with Gasteiger partial charge in [-0.1, -0.05) is 71.6 Å². The Labute approximate surface area is 163 Å². The smallest absolute Gasteiger partial charge is 0.326 e. The van der Waals surface area contributed by atoms with E-state index in [4.69, 9.17) is 0 Å². The Balaban J connectivity index is 2.65. The van der Waals surface area contributed by atoms with Crippen molar-refractivity contribution >= 4 is 11.9 Å². The average Bonchev–Trinajstić information content (AvgIpc) is 2.61. The first kappa shape index (κ1) is 23.0. The number of hydrogen-bond donors (Lipinski definition) is 3. The minimum absolute atomic E-state index is 0.0759. The highest BCUT2D eigenvalue weighted by Gasteiger charge is 2.25. The maximum atomic E-state index is 12.3. The lowest BCUT2D eigenvalue weighted by atomic mass is 9.98. The first-order chi connectivity index (χ1) is 13.0. The van der Waals surface area contributed by atoms with E-state index in [-0.39, 0.29) is 17.5 Å². The lowest BCUT2D eigenvalue weighted by Gasteiger charge is -2.20. The SMILES string of the molecule is CC(C)C(NC(=O)/C(C#N)=C\NC1CCCCCCCCCCC1)C(=O)O. The molecule has 1 unspecified atom stereocenters. The Hall–Kier alpha value is -2.03. The molecule has 1 aliphatic rings. The third kappa shape index (κ3) is 9.46. The maximum Gasteiger partial charge on any atom is 0.326 e. The highest BCUT2D eigenvalue weighted by Crippen LogP contribution is 2.17. The number of carboxylic acids is 1. The number of hydrogen-bond acceptors (Lipinski definition) is 4. The monoisotopic (exact) mass is 377 g/mol. The lowest BCUT2D eigenvalue weighted by Crippen LogP contribution is -2.45. The molecule has 27 heavy (non-hydrogen) atoms. The van der Waals surface area contributed by atoms with Gasteiger partial charge in [0.25, 0.3) is 5.91 Å². The summed E-state index contributed by atoms with van der Waals surface area (Å²) < 4.78 is 0. The van der Waals surface area contributed by atoms with Gasteiger partial charge in [0.1, 0.15) is 17.7 Å². The molecule has 0 radical (unpaired) electrons. The van der Waals surface area contributed by atoms with Crippen LogP contribution in [-0.4, -0.2) is 29.1 Å². The first-order valence-corrected chi connectivity index (χ1v) is 10.4. The van der Waals surface area contributed by atoms with Crippen LogP contribution in [0.15, 0.2) is 11.8 Å². The van der Waals surface area contributed by atoms with Gasteiger partial charge in [-0.15, -0.1) is 0 Å². The van der Waals surface area contributed by atoms with E-state index in [9.17, 15) is 20.0 Å². The molecule has 1 saturated carbocycles. The van der Waals surface area contributed by atoms with Gasteiger partial charge in [-0.3, -0.25) is 4.79 Å². The van der Waals surface area contributed by atoms with E-state index in [2.05, 4.69) is 10.6 Å². The third-order valence-electron chi connectivity index (χ3n) is 5.15. The minimum Gasteiger partial charge on any atom is -0.480 e. The zero-order chi connectivity index (χ0) is 20.1. The van der Waals surface area contributed by atoms with Gasteiger partial charge in [0.15, 0.2) is 0 Å². The van der Waals surface area contributed by atoms with E-state index in [0.29, 0.717) is 0 Å². The van der Waals surface area contributed by atoms with Crippen molar-refractivity contribution in [1.82, 2.24) is 10.6 Å². The molecular weight excluding hydrogens is 342 g/mol. The number of rotatable bonds is 6. The Morgan fingerprint density at radius 1 is 1.00 bits per heavy atom. The van der Waals surface area contributed by atoms with E-state index < -0.39 is 17.9 Å². The summed E-state index contributed by atoms with van der Waals surface area (Å²) in [5.41, 5.74) is -0.0759. The van der Waals surface area contributed by atoms with E-state index in [1.165, 1.54) is 51.1 Å². The second-order valence-electron chi connectivity index (χ2n) is 7.83. The topological polar surface area (TPSA) is 102 Å². The van der Waals surface area contributed by atoms with Crippen LogP contribution in [-0.2, 0) is 9.59 Å². The van der Waals surface area contributed by atoms with Crippen LogP contribution in [0, 0.1) is 17.2 Å². The summed E-state index contributed by atoms with van der Waals surface area (Å²) in [6, 6.07) is 1.13. The van der Waals surface area contributed by atoms with Crippen LogP contribution in [0.5, 0.6) is 0 Å². The number of carboxylic acid groups (broad SMARTS) is 1. The third-order valence-corrected chi connectivity index (χ3v) is 5.15. The fourth-order valence-electron chi connectivity index (χ4n) is 3.41. The molecule has 0 aromatic heterocycles. The predicted molar refractivity (Wildman–Crippen MR) is 106 cm³/mol. The molecule has 0 aliphatic heterocycles. The Bertz CT molecular complexity index is 525. The number of carbonyl (C=O) groups excluding carboxylic acids is 1. The van der Waals surface area contributed by atoms with Crippen molar-refractivity contribution in [3.63, 3.8) is 0 Å². The van der Waals surface area contributed by atoms with Crippen LogP contribution in [0.1, 0.15) is 84.5 Å². The summed E-state index contributed by atoms with van der Waals surface area (Å²) >= 11 is 0. The van der Waals surface area contributed by atoms with Gasteiger partial charge >= 0.3 is 5.97 Å². The number of amides is 1. The quantitative estimate of drug-likeness (QED) is 0.481. The molecule has 0 aromatic carbocycles. The highest BCUT2D eigenvalue weighted by molar-refractivity contribution is 5.99. The fraction of sp³-hybridized carbons (Fsp3) is 0.762. The molecule has 152 valence electrons. The van der Waals surface area contributed by atoms with E-state index in [0.717, 1.165) is 25.7 Å². The largest absolute Gasteiger partial charge is 0.480 e. The van der Waals surface area contributed by atoms with Crippen molar-refractivity contribution in [1.29, 1.82) is 5.26 Å². The molecule has 0 saturated heterocycles. The molecule has 1 atom stereocenters. The molecule has 0 spiro atoms. The van der Waals surface area contributed by atoms with Crippen molar-refractivity contribution in [2.75, 3.05) is 0 Å². The number of nitrogens with one attached hydrogen (secondary N) is 2. The predicted octanol–water partition coefficient (Wildman–Crippen LogP) is 3.88. The van der Waals surface area contributed by atoms with Crippen LogP contribution in [0.25, 0.3) is 0 Å². The van der Waals surface area contributed by atoms with Crippen molar-refractivity contribution in [3.05, 3.63) is 11.8 Å². The average molecular weight is 378 g/mol. The molecule has 3 N–H and O–H groups in total. The van der Waals surface area contributed by atoms with Gasteiger partial charge in [-0.25, -0.2) is 4.79 Å². The highest BCUT2D eigenvalue weighted by atomic mass is 16.4. The Morgan fingerprint density at radius 2 is 1.48 bits per heavy atom. The van der Waals surface area contributed by atoms with Crippen LogP contribution < -0.4 is 10.6 Å². The van der Waals surface area contributed by atoms with Crippen LogP contribution in [0.2, 0.25) is 0 Å². The van der Waals surface area contributed by atoms with Crippen molar-refractivity contribution in [3.8, 4) is 6.07 Å². The molecule has 6 heteroatoms. The zero-order valence-electron chi connectivity index (χ0n) is 16.8. The summed E-state index contributed by atoms with van der Waals surface area (Å²) in [6.07, 6.45) is 14.8.